The fourth-order valence-electron chi connectivity index (χ4n) is 2.20. The topological polar surface area (TPSA) is 26.3 Å². The molecule has 2 heteroatoms. The molecule has 0 radical (unpaired) electrons. The Bertz CT molecular complexity index is 343. The van der Waals surface area contributed by atoms with E-state index in [-0.39, 0.29) is 11.4 Å². The zero-order chi connectivity index (χ0) is 10.2. The quantitative estimate of drug-likeness (QED) is 0.633. The van der Waals surface area contributed by atoms with Crippen LogP contribution in [0.1, 0.15) is 18.1 Å². The fourth-order valence-corrected chi connectivity index (χ4v) is 2.20. The average Bonchev–Trinajstić information content (AvgIpc) is 2.54. The van der Waals surface area contributed by atoms with Crippen LogP contribution in [0.3, 0.4) is 0 Å². The summed E-state index contributed by atoms with van der Waals surface area (Å²) in [5, 5.41) is 0. The molecule has 0 amide bonds. The van der Waals surface area contributed by atoms with Gasteiger partial charge in [-0.3, -0.25) is 4.79 Å². The monoisotopic (exact) mass is 190 g/mol. The van der Waals surface area contributed by atoms with Crippen molar-refractivity contribution in [1.82, 2.24) is 0 Å². The number of hydrogen-bond acceptors (Lipinski definition) is 2. The molecule has 1 aromatic rings. The van der Waals surface area contributed by atoms with Gasteiger partial charge in [0.05, 0.1) is 12.5 Å². The van der Waals surface area contributed by atoms with Gasteiger partial charge in [-0.15, -0.1) is 0 Å². The molecule has 0 saturated carbocycles. The van der Waals surface area contributed by atoms with Crippen LogP contribution >= 0.6 is 0 Å². The number of methoxy groups -OCH3 is 1. The summed E-state index contributed by atoms with van der Waals surface area (Å²) in [5.41, 5.74) is 2.21. The second kappa shape index (κ2) is 3.12. The van der Waals surface area contributed by atoms with Gasteiger partial charge in [0, 0.05) is 0 Å². The average molecular weight is 190 g/mol. The third-order valence-electron chi connectivity index (χ3n) is 2.96. The minimum Gasteiger partial charge on any atom is -0.469 e. The van der Waals surface area contributed by atoms with Crippen molar-refractivity contribution < 1.29 is 9.53 Å². The van der Waals surface area contributed by atoms with Crippen LogP contribution in [0.15, 0.2) is 24.3 Å². The zero-order valence-corrected chi connectivity index (χ0v) is 8.54. The molecular weight excluding hydrogens is 176 g/mol. The number of benzene rings is 1. The predicted molar refractivity (Wildman–Crippen MR) is 54.0 cm³/mol. The highest BCUT2D eigenvalue weighted by molar-refractivity contribution is 5.78. The molecule has 2 nitrogen and oxygen atoms in total. The summed E-state index contributed by atoms with van der Waals surface area (Å²) in [6.07, 6.45) is 1.60. The van der Waals surface area contributed by atoms with Crippen LogP contribution in [0.25, 0.3) is 0 Å². The Morgan fingerprint density at radius 2 is 1.79 bits per heavy atom. The van der Waals surface area contributed by atoms with Gasteiger partial charge < -0.3 is 4.74 Å². The number of esters is 1. The number of carbonyl (C=O) groups excluding carboxylic acids is 1. The highest BCUT2D eigenvalue weighted by Crippen LogP contribution is 2.37. The highest BCUT2D eigenvalue weighted by Gasteiger charge is 2.40. The van der Waals surface area contributed by atoms with E-state index in [1.807, 2.05) is 19.1 Å². The van der Waals surface area contributed by atoms with Crippen LogP contribution in [-0.4, -0.2) is 13.1 Å². The summed E-state index contributed by atoms with van der Waals surface area (Å²) >= 11 is 0. The fraction of sp³-hybridized carbons (Fsp3) is 0.417. The first-order valence-electron chi connectivity index (χ1n) is 4.81. The smallest absolute Gasteiger partial charge is 0.312 e. The van der Waals surface area contributed by atoms with Crippen molar-refractivity contribution in [2.24, 2.45) is 5.41 Å². The normalized spacial score (nSPS) is 17.6. The molecule has 0 fully saturated rings. The van der Waals surface area contributed by atoms with E-state index in [0.717, 1.165) is 12.8 Å². The van der Waals surface area contributed by atoms with Gasteiger partial charge in [0.25, 0.3) is 0 Å². The number of rotatable bonds is 1. The largest absolute Gasteiger partial charge is 0.469 e. The number of ether oxygens (including phenoxy) is 1. The van der Waals surface area contributed by atoms with Crippen molar-refractivity contribution in [3.8, 4) is 0 Å². The third kappa shape index (κ3) is 1.31. The molecule has 0 atom stereocenters. The van der Waals surface area contributed by atoms with E-state index in [0.29, 0.717) is 0 Å². The Morgan fingerprint density at radius 1 is 1.29 bits per heavy atom. The molecule has 0 saturated heterocycles. The van der Waals surface area contributed by atoms with E-state index < -0.39 is 0 Å². The SMILES string of the molecule is COC(=O)C1(C)Cc2ccccc2C1. The molecule has 0 aromatic heterocycles. The third-order valence-corrected chi connectivity index (χ3v) is 2.96. The molecule has 1 aliphatic carbocycles. The van der Waals surface area contributed by atoms with Gasteiger partial charge in [0.15, 0.2) is 0 Å². The lowest BCUT2D eigenvalue weighted by atomic mass is 9.87. The maximum Gasteiger partial charge on any atom is 0.312 e. The van der Waals surface area contributed by atoms with Crippen LogP contribution in [0.5, 0.6) is 0 Å². The minimum absolute atomic E-state index is 0.103. The zero-order valence-electron chi connectivity index (χ0n) is 8.54. The summed E-state index contributed by atoms with van der Waals surface area (Å²) in [5.74, 6) is -0.103. The molecule has 0 spiro atoms. The maximum atomic E-state index is 11.6. The Kier molecular flexibility index (Phi) is 2.06. The molecule has 0 N–H and O–H groups in total. The van der Waals surface area contributed by atoms with E-state index in [1.54, 1.807) is 0 Å². The van der Waals surface area contributed by atoms with Crippen molar-refractivity contribution in [1.29, 1.82) is 0 Å². The lowest BCUT2D eigenvalue weighted by Gasteiger charge is -2.19. The molecule has 2 rings (SSSR count). The van der Waals surface area contributed by atoms with Crippen molar-refractivity contribution in [2.75, 3.05) is 7.11 Å². The van der Waals surface area contributed by atoms with Crippen LogP contribution < -0.4 is 0 Å². The van der Waals surface area contributed by atoms with Crippen LogP contribution in [0, 0.1) is 5.41 Å². The summed E-state index contributed by atoms with van der Waals surface area (Å²) in [4.78, 5) is 11.6. The lowest BCUT2D eigenvalue weighted by Crippen LogP contribution is -2.29. The predicted octanol–water partition coefficient (Wildman–Crippen LogP) is 1.96. The number of hydrogen-bond donors (Lipinski definition) is 0. The summed E-state index contributed by atoms with van der Waals surface area (Å²) < 4.78 is 4.83. The summed E-state index contributed by atoms with van der Waals surface area (Å²) in [7, 11) is 1.45. The second-order valence-electron chi connectivity index (χ2n) is 4.17. The van der Waals surface area contributed by atoms with Gasteiger partial charge in [0.1, 0.15) is 0 Å². The minimum atomic E-state index is -0.349. The molecule has 74 valence electrons. The van der Waals surface area contributed by atoms with Gasteiger partial charge >= 0.3 is 5.97 Å². The van der Waals surface area contributed by atoms with Crippen LogP contribution in [0.2, 0.25) is 0 Å². The van der Waals surface area contributed by atoms with E-state index in [2.05, 4.69) is 12.1 Å². The Hall–Kier alpha value is -1.31. The van der Waals surface area contributed by atoms with Crippen LogP contribution in [0.4, 0.5) is 0 Å². The van der Waals surface area contributed by atoms with Gasteiger partial charge in [0.2, 0.25) is 0 Å². The van der Waals surface area contributed by atoms with E-state index in [1.165, 1.54) is 18.2 Å². The Labute approximate surface area is 83.9 Å². The second-order valence-corrected chi connectivity index (χ2v) is 4.17. The molecule has 1 aliphatic rings. The van der Waals surface area contributed by atoms with E-state index >= 15 is 0 Å². The first kappa shape index (κ1) is 9.25. The van der Waals surface area contributed by atoms with Gasteiger partial charge in [-0.2, -0.15) is 0 Å². The number of carbonyl (C=O) groups is 1. The van der Waals surface area contributed by atoms with Crippen molar-refractivity contribution >= 4 is 5.97 Å². The molecular formula is C12H14O2. The van der Waals surface area contributed by atoms with Crippen molar-refractivity contribution in [2.45, 2.75) is 19.8 Å². The number of fused-ring (bicyclic) bond motifs is 1. The standard InChI is InChI=1S/C12H14O2/c1-12(11(13)14-2)7-9-5-3-4-6-10(9)8-12/h3-6H,7-8H2,1-2H3. The highest BCUT2D eigenvalue weighted by atomic mass is 16.5. The van der Waals surface area contributed by atoms with Gasteiger partial charge in [-0.25, -0.2) is 0 Å². The van der Waals surface area contributed by atoms with E-state index in [4.69, 9.17) is 4.74 Å². The Morgan fingerprint density at radius 3 is 2.21 bits per heavy atom. The summed E-state index contributed by atoms with van der Waals surface area (Å²) in [6, 6.07) is 8.21. The van der Waals surface area contributed by atoms with Gasteiger partial charge in [-0.1, -0.05) is 24.3 Å². The Balaban J connectivity index is 2.30. The first-order chi connectivity index (χ1) is 6.65. The maximum absolute atomic E-state index is 11.6. The molecule has 0 unspecified atom stereocenters. The van der Waals surface area contributed by atoms with Crippen LogP contribution in [-0.2, 0) is 22.4 Å². The van der Waals surface area contributed by atoms with Gasteiger partial charge in [-0.05, 0) is 30.9 Å². The van der Waals surface area contributed by atoms with Crippen molar-refractivity contribution in [3.05, 3.63) is 35.4 Å². The van der Waals surface area contributed by atoms with Crippen molar-refractivity contribution in [3.63, 3.8) is 0 Å². The van der Waals surface area contributed by atoms with E-state index in [9.17, 15) is 4.79 Å². The first-order valence-corrected chi connectivity index (χ1v) is 4.81. The molecule has 14 heavy (non-hydrogen) atoms. The molecule has 0 bridgehead atoms. The lowest BCUT2D eigenvalue weighted by molar-refractivity contribution is -0.151. The molecule has 1 aromatic carbocycles. The molecule has 0 aliphatic heterocycles. The summed E-state index contributed by atoms with van der Waals surface area (Å²) in [6.45, 7) is 1.97. The molecule has 0 heterocycles.